The van der Waals surface area contributed by atoms with Crippen LogP contribution < -0.4 is 0 Å². The van der Waals surface area contributed by atoms with Crippen molar-refractivity contribution in [3.8, 4) is 0 Å². The number of nitrogens with zero attached hydrogens (tertiary/aromatic N) is 1. The van der Waals surface area contributed by atoms with Gasteiger partial charge in [0.1, 0.15) is 15.6 Å². The van der Waals surface area contributed by atoms with Crippen LogP contribution in [0.3, 0.4) is 0 Å². The fraction of sp³-hybridized carbons (Fsp3) is 0.800. The lowest BCUT2D eigenvalue weighted by molar-refractivity contribution is -0.132. The molecule has 1 amide bonds. The van der Waals surface area contributed by atoms with Crippen LogP contribution in [0.4, 0.5) is 0 Å². The average molecular weight is 279 g/mol. The summed E-state index contributed by atoms with van der Waals surface area (Å²) in [5.74, 6) is 1.04. The molecule has 1 saturated heterocycles. The fourth-order valence-electron chi connectivity index (χ4n) is 1.47. The number of hydrogen-bond donors (Lipinski definition) is 0. The maximum atomic E-state index is 11.7. The molecule has 5 nitrogen and oxygen atoms in total. The minimum atomic E-state index is -2.94. The summed E-state index contributed by atoms with van der Waals surface area (Å²) < 4.78 is 21.7. The molecule has 0 radical (unpaired) electrons. The van der Waals surface area contributed by atoms with E-state index >= 15 is 0 Å². The van der Waals surface area contributed by atoms with Gasteiger partial charge in [0.15, 0.2) is 0 Å². The van der Waals surface area contributed by atoms with E-state index in [-0.39, 0.29) is 17.4 Å². The molecule has 0 spiro atoms. The van der Waals surface area contributed by atoms with Gasteiger partial charge in [0.05, 0.1) is 11.5 Å². The highest BCUT2D eigenvalue weighted by molar-refractivity contribution is 8.01. The van der Waals surface area contributed by atoms with E-state index in [1.54, 1.807) is 4.90 Å². The summed E-state index contributed by atoms with van der Waals surface area (Å²) in [6, 6.07) is 0. The van der Waals surface area contributed by atoms with E-state index in [9.17, 15) is 18.0 Å². The highest BCUT2D eigenvalue weighted by Crippen LogP contribution is 2.09. The molecule has 0 aromatic rings. The number of carbonyl (C=O) groups excluding carboxylic acids is 2. The third-order valence-electron chi connectivity index (χ3n) is 2.50. The first-order chi connectivity index (χ1) is 7.88. The van der Waals surface area contributed by atoms with E-state index in [0.717, 1.165) is 0 Å². The quantitative estimate of drug-likeness (QED) is 0.660. The summed E-state index contributed by atoms with van der Waals surface area (Å²) in [6.45, 7) is 1.01. The van der Waals surface area contributed by atoms with Crippen LogP contribution in [0.1, 0.15) is 12.8 Å². The predicted molar refractivity (Wildman–Crippen MR) is 67.9 cm³/mol. The molecule has 0 bridgehead atoms. The van der Waals surface area contributed by atoms with Crippen LogP contribution in [0.15, 0.2) is 0 Å². The number of piperidine rings is 1. The van der Waals surface area contributed by atoms with Crippen molar-refractivity contribution in [2.24, 2.45) is 0 Å². The second-order valence-corrected chi connectivity index (χ2v) is 7.47. The van der Waals surface area contributed by atoms with Gasteiger partial charge >= 0.3 is 0 Å². The Kier molecular flexibility index (Phi) is 5.45. The van der Waals surface area contributed by atoms with E-state index in [4.69, 9.17) is 0 Å². The molecule has 0 atom stereocenters. The van der Waals surface area contributed by atoms with E-state index < -0.39 is 9.84 Å². The number of amides is 1. The summed E-state index contributed by atoms with van der Waals surface area (Å²) in [7, 11) is -2.94. The molecular weight excluding hydrogens is 262 g/mol. The first-order valence-corrected chi connectivity index (χ1v) is 8.65. The van der Waals surface area contributed by atoms with Gasteiger partial charge in [-0.2, -0.15) is 11.8 Å². The first-order valence-electron chi connectivity index (χ1n) is 5.43. The molecular formula is C10H17NO4S2. The maximum Gasteiger partial charge on any atom is 0.232 e. The van der Waals surface area contributed by atoms with Gasteiger partial charge in [0.2, 0.25) is 5.91 Å². The van der Waals surface area contributed by atoms with Crippen molar-refractivity contribution in [2.45, 2.75) is 12.8 Å². The summed E-state index contributed by atoms with van der Waals surface area (Å²) in [5.41, 5.74) is 0. The number of likely N-dealkylation sites (tertiary alicyclic amines) is 1. The fourth-order valence-corrected chi connectivity index (χ4v) is 3.65. The van der Waals surface area contributed by atoms with Crippen molar-refractivity contribution in [1.29, 1.82) is 0 Å². The number of Topliss-reactive ketones (excluding diaryl/α,β-unsaturated/α-hetero) is 1. The predicted octanol–water partition coefficient (Wildman–Crippen LogP) is -0.0443. The van der Waals surface area contributed by atoms with Gasteiger partial charge in [0.25, 0.3) is 0 Å². The van der Waals surface area contributed by atoms with Crippen LogP contribution in [0.2, 0.25) is 0 Å². The normalized spacial score (nSPS) is 17.2. The van der Waals surface area contributed by atoms with Crippen LogP contribution in [0.25, 0.3) is 0 Å². The van der Waals surface area contributed by atoms with Crippen LogP contribution in [0.5, 0.6) is 0 Å². The molecule has 1 fully saturated rings. The van der Waals surface area contributed by atoms with Crippen molar-refractivity contribution in [3.63, 3.8) is 0 Å². The number of hydrogen-bond acceptors (Lipinski definition) is 5. The Bertz CT molecular complexity index is 381. The molecule has 0 unspecified atom stereocenters. The van der Waals surface area contributed by atoms with Crippen molar-refractivity contribution in [3.05, 3.63) is 0 Å². The Morgan fingerprint density at radius 3 is 2.47 bits per heavy atom. The maximum absolute atomic E-state index is 11.7. The molecule has 17 heavy (non-hydrogen) atoms. The second-order valence-electron chi connectivity index (χ2n) is 4.10. The van der Waals surface area contributed by atoms with Gasteiger partial charge in [-0.1, -0.05) is 0 Å². The van der Waals surface area contributed by atoms with Crippen molar-refractivity contribution in [2.75, 3.05) is 36.6 Å². The summed E-state index contributed by atoms with van der Waals surface area (Å²) in [5, 5.41) is 0. The Hall–Kier alpha value is -0.560. The molecule has 0 N–H and O–H groups in total. The van der Waals surface area contributed by atoms with Gasteiger partial charge < -0.3 is 4.90 Å². The molecule has 1 rings (SSSR count). The molecule has 0 aromatic carbocycles. The van der Waals surface area contributed by atoms with Gasteiger partial charge in [-0.3, -0.25) is 9.59 Å². The summed E-state index contributed by atoms with van der Waals surface area (Å²) in [4.78, 5) is 24.3. The number of sulfone groups is 1. The minimum Gasteiger partial charge on any atom is -0.341 e. The Labute approximate surface area is 106 Å². The highest BCUT2D eigenvalue weighted by Gasteiger charge is 2.20. The standard InChI is InChI=1S/C10H17NO4S2/c1-17(14,15)7-6-16-8-10(13)11-4-2-9(12)3-5-11/h2-8H2,1H3. The molecule has 1 aliphatic rings. The van der Waals surface area contributed by atoms with Crippen LogP contribution in [0, 0.1) is 0 Å². The second kappa shape index (κ2) is 6.39. The minimum absolute atomic E-state index is 0.00370. The van der Waals surface area contributed by atoms with E-state index in [1.165, 1.54) is 18.0 Å². The molecule has 0 aromatic heterocycles. The number of ketones is 1. The highest BCUT2D eigenvalue weighted by atomic mass is 32.2. The number of rotatable bonds is 5. The van der Waals surface area contributed by atoms with Crippen molar-refractivity contribution >= 4 is 33.3 Å². The zero-order valence-electron chi connectivity index (χ0n) is 9.85. The topological polar surface area (TPSA) is 71.5 Å². The number of thioether (sulfide) groups is 1. The van der Waals surface area contributed by atoms with E-state index in [2.05, 4.69) is 0 Å². The number of carbonyl (C=O) groups is 2. The van der Waals surface area contributed by atoms with Crippen molar-refractivity contribution < 1.29 is 18.0 Å². The molecule has 0 saturated carbocycles. The zero-order chi connectivity index (χ0) is 12.9. The smallest absolute Gasteiger partial charge is 0.232 e. The lowest BCUT2D eigenvalue weighted by Crippen LogP contribution is -2.39. The first kappa shape index (κ1) is 14.5. The lowest BCUT2D eigenvalue weighted by atomic mass is 10.1. The molecule has 1 aliphatic heterocycles. The SMILES string of the molecule is CS(=O)(=O)CCSCC(=O)N1CCC(=O)CC1. The summed E-state index contributed by atoms with van der Waals surface area (Å²) >= 11 is 1.33. The Morgan fingerprint density at radius 1 is 1.35 bits per heavy atom. The lowest BCUT2D eigenvalue weighted by Gasteiger charge is -2.25. The van der Waals surface area contributed by atoms with Crippen molar-refractivity contribution in [1.82, 2.24) is 4.90 Å². The average Bonchev–Trinajstić information content (AvgIpc) is 2.24. The monoisotopic (exact) mass is 279 g/mol. The van der Waals surface area contributed by atoms with Crippen LogP contribution in [-0.4, -0.2) is 61.6 Å². The molecule has 0 aliphatic carbocycles. The molecule has 1 heterocycles. The Morgan fingerprint density at radius 2 is 1.94 bits per heavy atom. The largest absolute Gasteiger partial charge is 0.341 e. The van der Waals surface area contributed by atoms with Crippen LogP contribution in [-0.2, 0) is 19.4 Å². The third-order valence-corrected chi connectivity index (χ3v) is 4.65. The van der Waals surface area contributed by atoms with Gasteiger partial charge in [0, 0.05) is 37.9 Å². The van der Waals surface area contributed by atoms with Gasteiger partial charge in [-0.15, -0.1) is 0 Å². The van der Waals surface area contributed by atoms with Crippen LogP contribution >= 0.6 is 11.8 Å². The zero-order valence-corrected chi connectivity index (χ0v) is 11.5. The van der Waals surface area contributed by atoms with E-state index in [0.29, 0.717) is 37.4 Å². The molecule has 98 valence electrons. The third kappa shape index (κ3) is 6.07. The van der Waals surface area contributed by atoms with Gasteiger partial charge in [-0.05, 0) is 0 Å². The van der Waals surface area contributed by atoms with E-state index in [1.807, 2.05) is 0 Å². The summed E-state index contributed by atoms with van der Waals surface area (Å²) in [6.07, 6.45) is 2.07. The van der Waals surface area contributed by atoms with Gasteiger partial charge in [-0.25, -0.2) is 8.42 Å². The molecule has 7 heteroatoms. The Balaban J connectivity index is 2.19.